The molecule has 0 bridgehead atoms. The Bertz CT molecular complexity index is 3670. The first-order valence-corrected chi connectivity index (χ1v) is 24.6. The predicted octanol–water partition coefficient (Wildman–Crippen LogP) is 18.0. The van der Waals surface area contributed by atoms with E-state index in [1.54, 1.807) is 0 Å². The molecule has 12 aromatic rings. The summed E-state index contributed by atoms with van der Waals surface area (Å²) in [4.78, 5) is 23.0. The zero-order chi connectivity index (χ0) is 48.0. The largest absolute Gasteiger partial charge is 0.329 e. The van der Waals surface area contributed by atoms with Crippen molar-refractivity contribution >= 4 is 94.6 Å². The number of urea groups is 1. The number of fused-ring (bicyclic) bond motifs is 6. The van der Waals surface area contributed by atoms with Gasteiger partial charge in [-0.1, -0.05) is 182 Å². The van der Waals surface area contributed by atoms with Crippen molar-refractivity contribution in [2.75, 3.05) is 32.7 Å². The Labute approximate surface area is 419 Å². The third kappa shape index (κ3) is 7.65. The summed E-state index contributed by atoms with van der Waals surface area (Å²) in [5.74, 6) is 0. The molecule has 1 fully saturated rings. The normalized spacial score (nSPS) is 12.6. The molecule has 1 aliphatic rings. The summed E-state index contributed by atoms with van der Waals surface area (Å²) in [6.45, 7) is 1.14. The van der Waals surface area contributed by atoms with E-state index in [2.05, 4.69) is 277 Å². The highest BCUT2D eigenvalue weighted by Gasteiger charge is 2.31. The highest BCUT2D eigenvalue weighted by Crippen LogP contribution is 2.45. The first-order valence-electron chi connectivity index (χ1n) is 24.6. The van der Waals surface area contributed by atoms with Crippen LogP contribution in [0.15, 0.2) is 267 Å². The van der Waals surface area contributed by atoms with Crippen LogP contribution in [0, 0.1) is 0 Å². The van der Waals surface area contributed by atoms with Crippen LogP contribution in [0.25, 0.3) is 65.3 Å². The maximum absolute atomic E-state index is 14.5. The lowest BCUT2D eigenvalue weighted by Crippen LogP contribution is -2.31. The van der Waals surface area contributed by atoms with Crippen molar-refractivity contribution in [3.8, 4) is 22.3 Å². The fraction of sp³-hybridized carbons (Fsp3) is 0.0299. The summed E-state index contributed by atoms with van der Waals surface area (Å²) in [6.07, 6.45) is 0. The molecule has 0 N–H and O–H groups in total. The van der Waals surface area contributed by atoms with Gasteiger partial charge in [0.2, 0.25) is 0 Å². The number of carbonyl (C=O) groups excluding carboxylic acids is 1. The van der Waals surface area contributed by atoms with Crippen molar-refractivity contribution < 1.29 is 4.79 Å². The Morgan fingerprint density at radius 2 is 0.569 bits per heavy atom. The maximum atomic E-state index is 14.5. The SMILES string of the molecule is O=C1N(c2ccc(N(c3ccc(-c4ccccc4)cc3)c3cc4ccccc4c4ccccc34)cc2)CCN1c1ccc(N(c2ccc(-c3ccccc3)cc2)c2cc3ccccc3c3ccccc23)cc1. The van der Waals surface area contributed by atoms with Crippen LogP contribution in [-0.2, 0) is 0 Å². The second-order valence-corrected chi connectivity index (χ2v) is 18.4. The van der Waals surface area contributed by atoms with Gasteiger partial charge in [0.05, 0.1) is 11.4 Å². The van der Waals surface area contributed by atoms with Gasteiger partial charge < -0.3 is 9.80 Å². The Morgan fingerprint density at radius 3 is 0.944 bits per heavy atom. The van der Waals surface area contributed by atoms with Gasteiger partial charge in [-0.05, 0) is 140 Å². The highest BCUT2D eigenvalue weighted by atomic mass is 16.2. The molecule has 5 nitrogen and oxygen atoms in total. The van der Waals surface area contributed by atoms with Gasteiger partial charge in [-0.2, -0.15) is 0 Å². The molecule has 342 valence electrons. The lowest BCUT2D eigenvalue weighted by Gasteiger charge is -2.28. The number of amides is 2. The molecule has 0 radical (unpaired) electrons. The average molecular weight is 925 g/mol. The van der Waals surface area contributed by atoms with Crippen molar-refractivity contribution in [1.82, 2.24) is 0 Å². The summed E-state index contributed by atoms with van der Waals surface area (Å²) in [7, 11) is 0. The quantitative estimate of drug-likeness (QED) is 0.128. The average Bonchev–Trinajstić information content (AvgIpc) is 3.85. The summed E-state index contributed by atoms with van der Waals surface area (Å²) in [5, 5.41) is 9.55. The molecular formula is C67H48N4O. The predicted molar refractivity (Wildman–Crippen MR) is 303 cm³/mol. The Balaban J connectivity index is 0.824. The number of anilines is 8. The first-order chi connectivity index (χ1) is 35.6. The summed E-state index contributed by atoms with van der Waals surface area (Å²) < 4.78 is 0. The monoisotopic (exact) mass is 924 g/mol. The molecule has 0 saturated carbocycles. The van der Waals surface area contributed by atoms with Gasteiger partial charge in [-0.25, -0.2) is 4.79 Å². The van der Waals surface area contributed by atoms with Crippen LogP contribution in [0.2, 0.25) is 0 Å². The summed E-state index contributed by atoms with van der Waals surface area (Å²) >= 11 is 0. The number of carbonyl (C=O) groups is 1. The second kappa shape index (κ2) is 18.1. The molecule has 1 aliphatic heterocycles. The van der Waals surface area contributed by atoms with E-state index in [9.17, 15) is 4.79 Å². The van der Waals surface area contributed by atoms with Crippen LogP contribution in [-0.4, -0.2) is 19.1 Å². The molecule has 0 aliphatic carbocycles. The topological polar surface area (TPSA) is 30.0 Å². The van der Waals surface area contributed by atoms with Crippen LogP contribution in [0.3, 0.4) is 0 Å². The fourth-order valence-electron chi connectivity index (χ4n) is 10.7. The molecule has 1 heterocycles. The van der Waals surface area contributed by atoms with Crippen LogP contribution in [0.4, 0.5) is 50.3 Å². The number of nitrogens with zero attached hydrogens (tertiary/aromatic N) is 4. The van der Waals surface area contributed by atoms with Crippen LogP contribution in [0.5, 0.6) is 0 Å². The van der Waals surface area contributed by atoms with Gasteiger partial charge in [0, 0.05) is 58.0 Å². The van der Waals surface area contributed by atoms with Gasteiger partial charge in [-0.3, -0.25) is 9.80 Å². The van der Waals surface area contributed by atoms with E-state index < -0.39 is 0 Å². The van der Waals surface area contributed by atoms with E-state index in [-0.39, 0.29) is 6.03 Å². The van der Waals surface area contributed by atoms with Gasteiger partial charge >= 0.3 is 6.03 Å². The van der Waals surface area contributed by atoms with Gasteiger partial charge in [0.25, 0.3) is 0 Å². The zero-order valence-corrected chi connectivity index (χ0v) is 39.5. The number of benzene rings is 12. The van der Waals surface area contributed by atoms with Crippen molar-refractivity contribution in [1.29, 1.82) is 0 Å². The molecule has 12 aromatic carbocycles. The second-order valence-electron chi connectivity index (χ2n) is 18.4. The molecule has 2 amide bonds. The van der Waals surface area contributed by atoms with E-state index >= 15 is 0 Å². The van der Waals surface area contributed by atoms with E-state index in [4.69, 9.17) is 0 Å². The number of rotatable bonds is 10. The van der Waals surface area contributed by atoms with E-state index in [0.29, 0.717) is 13.1 Å². The van der Waals surface area contributed by atoms with Crippen molar-refractivity contribution in [3.63, 3.8) is 0 Å². The third-order valence-corrected chi connectivity index (χ3v) is 14.3. The van der Waals surface area contributed by atoms with Crippen LogP contribution >= 0.6 is 0 Å². The van der Waals surface area contributed by atoms with E-state index in [1.165, 1.54) is 54.2 Å². The van der Waals surface area contributed by atoms with E-state index in [1.807, 2.05) is 9.80 Å². The van der Waals surface area contributed by atoms with Crippen LogP contribution in [0.1, 0.15) is 0 Å². The lowest BCUT2D eigenvalue weighted by molar-refractivity contribution is 0.256. The molecule has 13 rings (SSSR count). The lowest BCUT2D eigenvalue weighted by atomic mass is 9.98. The van der Waals surface area contributed by atoms with Crippen LogP contribution < -0.4 is 19.6 Å². The fourth-order valence-corrected chi connectivity index (χ4v) is 10.7. The summed E-state index contributed by atoms with van der Waals surface area (Å²) in [5.41, 5.74) is 12.7. The smallest absolute Gasteiger partial charge is 0.310 e. The minimum Gasteiger partial charge on any atom is -0.310 e. The molecule has 1 saturated heterocycles. The highest BCUT2D eigenvalue weighted by molar-refractivity contribution is 6.16. The van der Waals surface area contributed by atoms with Gasteiger partial charge in [0.1, 0.15) is 0 Å². The molecule has 0 atom stereocenters. The number of hydrogen-bond donors (Lipinski definition) is 0. The standard InChI is InChI=1S/C67H48N4O/c72-67-68(53-35-39-57(40-36-53)70(55-31-27-49(28-32-55)47-15-3-1-4-16-47)65-45-51-19-7-9-21-59(51)61-23-11-13-25-63(61)65)43-44-69(67)54-37-41-58(42-38-54)71(56-33-29-50(30-34-56)48-17-5-2-6-18-48)66-46-52-20-8-10-22-60(52)62-24-12-14-26-64(62)66/h1-42,45-46H,43-44H2. The molecular weight excluding hydrogens is 877 g/mol. The summed E-state index contributed by atoms with van der Waals surface area (Å²) in [6, 6.07) is 94.7. The Morgan fingerprint density at radius 1 is 0.278 bits per heavy atom. The minimum atomic E-state index is -0.0433. The van der Waals surface area contributed by atoms with Gasteiger partial charge in [-0.15, -0.1) is 0 Å². The van der Waals surface area contributed by atoms with Gasteiger partial charge in [0.15, 0.2) is 0 Å². The Hall–Kier alpha value is -9.45. The molecule has 5 heteroatoms. The van der Waals surface area contributed by atoms with E-state index in [0.717, 1.165) is 56.6 Å². The maximum Gasteiger partial charge on any atom is 0.329 e. The molecule has 0 unspecified atom stereocenters. The molecule has 0 spiro atoms. The first kappa shape index (κ1) is 42.6. The molecule has 0 aromatic heterocycles. The Kier molecular flexibility index (Phi) is 10.7. The zero-order valence-electron chi connectivity index (χ0n) is 39.5. The van der Waals surface area contributed by atoms with Crippen molar-refractivity contribution in [3.05, 3.63) is 267 Å². The van der Waals surface area contributed by atoms with Crippen molar-refractivity contribution in [2.45, 2.75) is 0 Å². The minimum absolute atomic E-state index is 0.0433. The molecule has 72 heavy (non-hydrogen) atoms. The third-order valence-electron chi connectivity index (χ3n) is 14.3. The number of hydrogen-bond acceptors (Lipinski definition) is 3. The van der Waals surface area contributed by atoms with Crippen molar-refractivity contribution in [2.24, 2.45) is 0 Å².